The Morgan fingerprint density at radius 1 is 1.35 bits per heavy atom. The Hall–Kier alpha value is -0.720. The van der Waals surface area contributed by atoms with Crippen LogP contribution in [-0.2, 0) is 4.79 Å². The molecule has 6 heteroatoms. The van der Waals surface area contributed by atoms with Crippen molar-refractivity contribution in [2.24, 2.45) is 0 Å². The van der Waals surface area contributed by atoms with Gasteiger partial charge in [-0.25, -0.2) is 0 Å². The van der Waals surface area contributed by atoms with Gasteiger partial charge in [0.2, 0.25) is 0 Å². The number of nitrogens with zero attached hydrogens (tertiary/aromatic N) is 1. The zero-order valence-corrected chi connectivity index (χ0v) is 11.9. The highest BCUT2D eigenvalue weighted by atomic mass is 79.9. The number of Topliss-reactive ketones (excluding diaryl/α,β-unsaturated/α-hetero) is 1. The zero-order valence-electron chi connectivity index (χ0n) is 8.69. The Labute approximate surface area is 115 Å². The molecule has 1 unspecified atom stereocenters. The van der Waals surface area contributed by atoms with Crippen LogP contribution in [0.3, 0.4) is 0 Å². The van der Waals surface area contributed by atoms with Crippen molar-refractivity contribution in [1.82, 2.24) is 0 Å². The number of alkyl halides is 1. The quantitative estimate of drug-likeness (QED) is 0.658. The number of hydrogen-bond donors (Lipinski definition) is 1. The second-order valence-electron chi connectivity index (χ2n) is 3.69. The molecule has 1 aliphatic heterocycles. The van der Waals surface area contributed by atoms with Crippen molar-refractivity contribution >= 4 is 49.2 Å². The molecule has 0 saturated carbocycles. The van der Waals surface area contributed by atoms with E-state index >= 15 is 0 Å². The van der Waals surface area contributed by atoms with Gasteiger partial charge in [0.15, 0.2) is 0 Å². The molecule has 1 atom stereocenters. The molecule has 0 aromatic heterocycles. The van der Waals surface area contributed by atoms with Crippen molar-refractivity contribution < 1.29 is 14.7 Å². The Bertz CT molecular complexity index is 490. The van der Waals surface area contributed by atoms with Crippen LogP contribution >= 0.6 is 31.9 Å². The lowest BCUT2D eigenvalue weighted by Crippen LogP contribution is -2.37. The van der Waals surface area contributed by atoms with E-state index in [1.807, 2.05) is 0 Å². The van der Waals surface area contributed by atoms with Crippen molar-refractivity contribution in [2.45, 2.75) is 6.10 Å². The highest BCUT2D eigenvalue weighted by molar-refractivity contribution is 9.10. The summed E-state index contributed by atoms with van der Waals surface area (Å²) in [6.07, 6.45) is -0.704. The third-order valence-corrected chi connectivity index (χ3v) is 3.90. The van der Waals surface area contributed by atoms with E-state index in [9.17, 15) is 14.7 Å². The van der Waals surface area contributed by atoms with Crippen LogP contribution in [0.25, 0.3) is 0 Å². The summed E-state index contributed by atoms with van der Waals surface area (Å²) in [4.78, 5) is 24.8. The van der Waals surface area contributed by atoms with E-state index in [4.69, 9.17) is 0 Å². The summed E-state index contributed by atoms with van der Waals surface area (Å²) in [5.41, 5.74) is 0.925. The van der Waals surface area contributed by atoms with Crippen LogP contribution in [0, 0.1) is 0 Å². The largest absolute Gasteiger partial charge is 0.390 e. The van der Waals surface area contributed by atoms with Crippen LogP contribution in [0.2, 0.25) is 0 Å². The van der Waals surface area contributed by atoms with Crippen molar-refractivity contribution in [1.29, 1.82) is 0 Å². The molecule has 1 aliphatic rings. The molecule has 4 nitrogen and oxygen atoms in total. The van der Waals surface area contributed by atoms with Crippen molar-refractivity contribution in [3.05, 3.63) is 28.2 Å². The van der Waals surface area contributed by atoms with Crippen LogP contribution in [0.4, 0.5) is 5.69 Å². The third-order valence-electron chi connectivity index (χ3n) is 2.51. The Morgan fingerprint density at radius 2 is 2.06 bits per heavy atom. The summed E-state index contributed by atoms with van der Waals surface area (Å²) in [6.45, 7) is 0.103. The maximum Gasteiger partial charge on any atom is 0.299 e. The first-order valence-electron chi connectivity index (χ1n) is 4.95. The topological polar surface area (TPSA) is 57.6 Å². The number of aliphatic hydroxyl groups excluding tert-OH is 1. The minimum atomic E-state index is -0.704. The lowest BCUT2D eigenvalue weighted by atomic mass is 10.1. The fourth-order valence-corrected chi connectivity index (χ4v) is 2.53. The summed E-state index contributed by atoms with van der Waals surface area (Å²) in [7, 11) is 0. The van der Waals surface area contributed by atoms with Crippen LogP contribution in [0.15, 0.2) is 22.7 Å². The average Bonchev–Trinajstić information content (AvgIpc) is 2.56. The van der Waals surface area contributed by atoms with E-state index in [0.29, 0.717) is 21.1 Å². The molecule has 0 fully saturated rings. The number of β-amino-alcohol motifs (C(OH)–C–C–N with tert-alkyl or cyclic N) is 1. The molecule has 0 saturated heterocycles. The van der Waals surface area contributed by atoms with E-state index in [2.05, 4.69) is 31.9 Å². The van der Waals surface area contributed by atoms with Crippen LogP contribution in [0.5, 0.6) is 0 Å². The first-order valence-corrected chi connectivity index (χ1v) is 6.86. The van der Waals surface area contributed by atoms with Crippen molar-refractivity contribution in [3.63, 3.8) is 0 Å². The number of ketones is 1. The van der Waals surface area contributed by atoms with E-state index < -0.39 is 17.8 Å². The minimum absolute atomic E-state index is 0.103. The smallest absolute Gasteiger partial charge is 0.299 e. The van der Waals surface area contributed by atoms with Crippen LogP contribution < -0.4 is 4.90 Å². The van der Waals surface area contributed by atoms with E-state index in [-0.39, 0.29) is 6.54 Å². The maximum atomic E-state index is 11.8. The van der Waals surface area contributed by atoms with Gasteiger partial charge >= 0.3 is 0 Å². The van der Waals surface area contributed by atoms with Gasteiger partial charge in [0.1, 0.15) is 0 Å². The number of para-hydroxylation sites is 1. The Morgan fingerprint density at radius 3 is 2.71 bits per heavy atom. The molecule has 1 aromatic rings. The van der Waals surface area contributed by atoms with Crippen molar-refractivity contribution in [2.75, 3.05) is 16.8 Å². The number of hydrogen-bond acceptors (Lipinski definition) is 3. The van der Waals surface area contributed by atoms with Gasteiger partial charge < -0.3 is 10.0 Å². The third kappa shape index (κ3) is 2.17. The average molecular weight is 363 g/mol. The summed E-state index contributed by atoms with van der Waals surface area (Å²) in [5, 5.41) is 9.92. The maximum absolute atomic E-state index is 11.8. The number of aliphatic hydroxyl groups is 1. The van der Waals surface area contributed by atoms with E-state index in [0.717, 1.165) is 0 Å². The monoisotopic (exact) mass is 361 g/mol. The molecule has 17 heavy (non-hydrogen) atoms. The first kappa shape index (κ1) is 12.7. The number of benzene rings is 1. The predicted molar refractivity (Wildman–Crippen MR) is 70.6 cm³/mol. The first-order chi connectivity index (χ1) is 8.06. The molecule has 90 valence electrons. The number of amides is 1. The normalized spacial score (nSPS) is 16.3. The second-order valence-corrected chi connectivity index (χ2v) is 5.19. The predicted octanol–water partition coefficient (Wildman–Crippen LogP) is 1.73. The summed E-state index contributed by atoms with van der Waals surface area (Å²) in [6, 6.07) is 5.08. The van der Waals surface area contributed by atoms with Gasteiger partial charge in [0, 0.05) is 9.80 Å². The Balaban J connectivity index is 2.43. The van der Waals surface area contributed by atoms with E-state index in [1.165, 1.54) is 4.90 Å². The zero-order chi connectivity index (χ0) is 12.6. The van der Waals surface area contributed by atoms with Gasteiger partial charge in [-0.05, 0) is 28.1 Å². The molecule has 2 rings (SSSR count). The van der Waals surface area contributed by atoms with Gasteiger partial charge in [-0.2, -0.15) is 0 Å². The molecule has 0 aliphatic carbocycles. The van der Waals surface area contributed by atoms with Crippen molar-refractivity contribution in [3.8, 4) is 0 Å². The molecule has 1 amide bonds. The number of carbonyl (C=O) groups excluding carboxylic acids is 2. The molecular weight excluding hydrogens is 354 g/mol. The van der Waals surface area contributed by atoms with E-state index in [1.54, 1.807) is 18.2 Å². The van der Waals surface area contributed by atoms with Crippen LogP contribution in [-0.4, -0.2) is 34.8 Å². The molecule has 0 bridgehead atoms. The molecule has 0 spiro atoms. The Kier molecular flexibility index (Phi) is 3.65. The fourth-order valence-electron chi connectivity index (χ4n) is 1.75. The summed E-state index contributed by atoms with van der Waals surface area (Å²) < 4.78 is 0.677. The van der Waals surface area contributed by atoms with Gasteiger partial charge in [-0.1, -0.05) is 22.0 Å². The number of fused-ring (bicyclic) bond motifs is 1. The van der Waals surface area contributed by atoms with Gasteiger partial charge in [-0.15, -0.1) is 0 Å². The lowest BCUT2D eigenvalue weighted by molar-refractivity contribution is -0.114. The molecular formula is C11H9Br2NO3. The molecule has 1 aromatic carbocycles. The molecule has 1 N–H and O–H groups in total. The number of rotatable bonds is 3. The van der Waals surface area contributed by atoms with Gasteiger partial charge in [-0.3, -0.25) is 9.59 Å². The SMILES string of the molecule is O=C1C(=O)N(CC(O)CBr)c2c(Br)cccc21. The van der Waals surface area contributed by atoms with Gasteiger partial charge in [0.25, 0.3) is 11.7 Å². The fraction of sp³-hybridized carbons (Fsp3) is 0.273. The highest BCUT2D eigenvalue weighted by Crippen LogP contribution is 2.35. The second kappa shape index (κ2) is 4.88. The molecule has 0 radical (unpaired) electrons. The summed E-state index contributed by atoms with van der Waals surface area (Å²) >= 11 is 6.45. The van der Waals surface area contributed by atoms with Gasteiger partial charge in [0.05, 0.1) is 23.9 Å². The lowest BCUT2D eigenvalue weighted by Gasteiger charge is -2.20. The minimum Gasteiger partial charge on any atom is -0.390 e. The molecule has 1 heterocycles. The number of halogens is 2. The summed E-state index contributed by atoms with van der Waals surface area (Å²) in [5.74, 6) is -1.12. The standard InChI is InChI=1S/C11H9Br2NO3/c12-4-6(15)5-14-9-7(10(16)11(14)17)2-1-3-8(9)13/h1-3,6,15H,4-5H2. The van der Waals surface area contributed by atoms with Crippen LogP contribution in [0.1, 0.15) is 10.4 Å². The number of carbonyl (C=O) groups is 2. The highest BCUT2D eigenvalue weighted by Gasteiger charge is 2.37. The number of anilines is 1.